The molecule has 1 amide bonds. The number of nitrogens with one attached hydrogen (secondary N) is 1. The second-order valence-corrected chi connectivity index (χ2v) is 13.2. The molecule has 2 heterocycles. The van der Waals surface area contributed by atoms with E-state index < -0.39 is 33.7 Å². The van der Waals surface area contributed by atoms with Gasteiger partial charge in [0, 0.05) is 19.3 Å². The summed E-state index contributed by atoms with van der Waals surface area (Å²) in [5, 5.41) is 0.668. The second kappa shape index (κ2) is 12.6. The summed E-state index contributed by atoms with van der Waals surface area (Å²) < 4.78 is 34.9. The minimum atomic E-state index is -3.99. The van der Waals surface area contributed by atoms with E-state index in [1.807, 2.05) is 12.1 Å². The maximum absolute atomic E-state index is 13.4. The van der Waals surface area contributed by atoms with Crippen molar-refractivity contribution in [2.45, 2.75) is 88.7 Å². The van der Waals surface area contributed by atoms with Crippen LogP contribution in [-0.2, 0) is 36.2 Å². The average molecular weight is 595 g/mol. The predicted octanol–water partition coefficient (Wildman–Crippen LogP) is 5.79. The SMILES string of the molecule is CCC1(c2ccc(CC(NS(=O)(=O)c3cccnc3)c3cccc(N(OC(C)=O)C(=O)OC(C)(C)C)n3)cc2)CCC1. The summed E-state index contributed by atoms with van der Waals surface area (Å²) in [4.78, 5) is 38.4. The molecule has 1 aromatic carbocycles. The summed E-state index contributed by atoms with van der Waals surface area (Å²) in [6.45, 7) is 8.42. The van der Waals surface area contributed by atoms with Crippen LogP contribution in [-0.4, -0.2) is 36.0 Å². The Bertz CT molecular complexity index is 1490. The van der Waals surface area contributed by atoms with Crippen molar-refractivity contribution in [3.63, 3.8) is 0 Å². The molecule has 224 valence electrons. The Hall–Kier alpha value is -3.83. The number of carbonyl (C=O) groups excluding carboxylic acids is 2. The van der Waals surface area contributed by atoms with Gasteiger partial charge in [-0.2, -0.15) is 0 Å². The average Bonchev–Trinajstić information content (AvgIpc) is 2.91. The van der Waals surface area contributed by atoms with Crippen LogP contribution in [0.3, 0.4) is 0 Å². The van der Waals surface area contributed by atoms with E-state index in [2.05, 4.69) is 33.7 Å². The topological polar surface area (TPSA) is 128 Å². The Morgan fingerprint density at radius 2 is 1.79 bits per heavy atom. The number of sulfonamides is 1. The highest BCUT2D eigenvalue weighted by Crippen LogP contribution is 2.46. The molecule has 1 aliphatic carbocycles. The van der Waals surface area contributed by atoms with Crippen LogP contribution in [0.1, 0.15) is 83.2 Å². The number of hydrogen-bond donors (Lipinski definition) is 1. The van der Waals surface area contributed by atoms with Gasteiger partial charge >= 0.3 is 12.1 Å². The van der Waals surface area contributed by atoms with Gasteiger partial charge in [0.05, 0.1) is 11.7 Å². The third kappa shape index (κ3) is 7.51. The fraction of sp³-hybridized carbons (Fsp3) is 0.419. The van der Waals surface area contributed by atoms with Crippen molar-refractivity contribution >= 4 is 27.9 Å². The molecule has 2 aromatic heterocycles. The number of ether oxygens (including phenoxy) is 1. The summed E-state index contributed by atoms with van der Waals surface area (Å²) in [6, 6.07) is 15.2. The highest BCUT2D eigenvalue weighted by molar-refractivity contribution is 7.89. The lowest BCUT2D eigenvalue weighted by Gasteiger charge is -2.42. The van der Waals surface area contributed by atoms with Crippen LogP contribution < -0.4 is 9.79 Å². The molecule has 1 saturated carbocycles. The quantitative estimate of drug-likeness (QED) is 0.308. The van der Waals surface area contributed by atoms with Gasteiger partial charge in [0.25, 0.3) is 0 Å². The molecule has 4 rings (SSSR count). The van der Waals surface area contributed by atoms with E-state index >= 15 is 0 Å². The van der Waals surface area contributed by atoms with Gasteiger partial charge in [0.2, 0.25) is 10.0 Å². The first-order chi connectivity index (χ1) is 19.8. The largest absolute Gasteiger partial charge is 0.450 e. The molecule has 0 saturated heterocycles. The molecule has 0 radical (unpaired) electrons. The summed E-state index contributed by atoms with van der Waals surface area (Å²) in [6.07, 6.45) is 6.74. The zero-order valence-corrected chi connectivity index (χ0v) is 25.5. The van der Waals surface area contributed by atoms with Gasteiger partial charge in [-0.15, -0.1) is 0 Å². The number of amides is 1. The number of carbonyl (C=O) groups is 2. The number of hydrogen-bond acceptors (Lipinski definition) is 8. The van der Waals surface area contributed by atoms with Gasteiger partial charge in [0.15, 0.2) is 5.82 Å². The van der Waals surface area contributed by atoms with E-state index in [-0.39, 0.29) is 22.5 Å². The van der Waals surface area contributed by atoms with E-state index in [4.69, 9.17) is 9.57 Å². The van der Waals surface area contributed by atoms with E-state index in [9.17, 15) is 18.0 Å². The third-order valence-electron chi connectivity index (χ3n) is 7.34. The molecule has 0 spiro atoms. The molecule has 3 aromatic rings. The molecule has 1 fully saturated rings. The van der Waals surface area contributed by atoms with Crippen molar-refractivity contribution in [3.05, 3.63) is 83.8 Å². The highest BCUT2D eigenvalue weighted by atomic mass is 32.2. The maximum atomic E-state index is 13.4. The monoisotopic (exact) mass is 594 g/mol. The van der Waals surface area contributed by atoms with E-state index in [0.717, 1.165) is 18.9 Å². The van der Waals surface area contributed by atoms with E-state index in [0.29, 0.717) is 10.8 Å². The second-order valence-electron chi connectivity index (χ2n) is 11.5. The van der Waals surface area contributed by atoms with Crippen molar-refractivity contribution < 1.29 is 27.6 Å². The first kappa shape index (κ1) is 31.1. The molecule has 11 heteroatoms. The van der Waals surface area contributed by atoms with Gasteiger partial charge in [-0.25, -0.2) is 27.7 Å². The predicted molar refractivity (Wildman–Crippen MR) is 158 cm³/mol. The van der Waals surface area contributed by atoms with Gasteiger partial charge < -0.3 is 9.57 Å². The van der Waals surface area contributed by atoms with Crippen molar-refractivity contribution in [2.75, 3.05) is 5.06 Å². The molecule has 42 heavy (non-hydrogen) atoms. The first-order valence-electron chi connectivity index (χ1n) is 14.0. The number of anilines is 1. The van der Waals surface area contributed by atoms with Gasteiger partial charge in [-0.1, -0.05) is 48.7 Å². The zero-order chi connectivity index (χ0) is 30.5. The van der Waals surface area contributed by atoms with Crippen LogP contribution in [0, 0.1) is 0 Å². The van der Waals surface area contributed by atoms with Crippen LogP contribution in [0.25, 0.3) is 0 Å². The molecule has 0 bridgehead atoms. The van der Waals surface area contributed by atoms with Crippen molar-refractivity contribution in [1.29, 1.82) is 0 Å². The molecule has 1 aliphatic rings. The van der Waals surface area contributed by atoms with E-state index in [1.54, 1.807) is 39.0 Å². The minimum Gasteiger partial charge on any atom is -0.441 e. The molecular formula is C31H38N4O6S. The first-order valence-corrected chi connectivity index (χ1v) is 15.5. The molecule has 1 unspecified atom stereocenters. The molecule has 0 aliphatic heterocycles. The Balaban J connectivity index is 1.69. The van der Waals surface area contributed by atoms with Gasteiger partial charge in [0.1, 0.15) is 10.5 Å². The third-order valence-corrected chi connectivity index (χ3v) is 8.79. The van der Waals surface area contributed by atoms with Crippen LogP contribution in [0.4, 0.5) is 10.6 Å². The molecule has 10 nitrogen and oxygen atoms in total. The number of pyridine rings is 2. The standard InChI is InChI=1S/C31H38N4O6S/c1-6-31(17-9-18-31)24-15-13-23(14-16-24)20-27(34-42(38,39)25-10-8-19-32-21-25)26-11-7-12-28(33-26)35(41-22(2)36)29(37)40-30(3,4)5/h7-8,10-16,19,21,27,34H,6,9,17-18,20H2,1-5H3. The number of benzene rings is 1. The Kier molecular flexibility index (Phi) is 9.32. The van der Waals surface area contributed by atoms with Crippen molar-refractivity contribution in [3.8, 4) is 0 Å². The summed E-state index contributed by atoms with van der Waals surface area (Å²) >= 11 is 0. The van der Waals surface area contributed by atoms with Crippen LogP contribution in [0.5, 0.6) is 0 Å². The Morgan fingerprint density at radius 1 is 1.07 bits per heavy atom. The molecule has 1 N–H and O–H groups in total. The maximum Gasteiger partial charge on any atom is 0.450 e. The van der Waals surface area contributed by atoms with Crippen molar-refractivity contribution in [2.24, 2.45) is 0 Å². The zero-order valence-electron chi connectivity index (χ0n) is 24.7. The summed E-state index contributed by atoms with van der Waals surface area (Å²) in [5.41, 5.74) is 1.87. The normalized spacial score (nSPS) is 15.3. The van der Waals surface area contributed by atoms with Crippen LogP contribution in [0.2, 0.25) is 0 Å². The Labute approximate surface area is 247 Å². The van der Waals surface area contributed by atoms with Crippen LogP contribution in [0.15, 0.2) is 71.9 Å². The van der Waals surface area contributed by atoms with Gasteiger partial charge in [-0.05, 0) is 87.3 Å². The smallest absolute Gasteiger partial charge is 0.441 e. The van der Waals surface area contributed by atoms with E-state index in [1.165, 1.54) is 49.4 Å². The fourth-order valence-corrected chi connectivity index (χ4v) is 6.18. The minimum absolute atomic E-state index is 0.00617. The summed E-state index contributed by atoms with van der Waals surface area (Å²) in [7, 11) is -3.99. The van der Waals surface area contributed by atoms with Crippen LogP contribution >= 0.6 is 0 Å². The highest BCUT2D eigenvalue weighted by Gasteiger charge is 2.36. The Morgan fingerprint density at radius 3 is 2.33 bits per heavy atom. The lowest BCUT2D eigenvalue weighted by molar-refractivity contribution is -0.142. The van der Waals surface area contributed by atoms with Gasteiger partial charge in [-0.3, -0.25) is 4.98 Å². The van der Waals surface area contributed by atoms with Crippen molar-refractivity contribution in [1.82, 2.24) is 14.7 Å². The lowest BCUT2D eigenvalue weighted by atomic mass is 9.63. The number of rotatable bonds is 9. The molecular weight excluding hydrogens is 556 g/mol. The number of nitrogens with zero attached hydrogens (tertiary/aromatic N) is 3. The fourth-order valence-electron chi connectivity index (χ4n) is 5.00. The molecule has 1 atom stereocenters. The number of aromatic nitrogens is 2. The number of hydroxylamine groups is 1. The lowest BCUT2D eigenvalue weighted by Crippen LogP contribution is -2.39. The summed E-state index contributed by atoms with van der Waals surface area (Å²) in [5.74, 6) is -0.786.